The highest BCUT2D eigenvalue weighted by atomic mass is 35.5. The zero-order valence-electron chi connectivity index (χ0n) is 20.9. The average Bonchev–Trinajstić information content (AvgIpc) is 3.31. The second kappa shape index (κ2) is 8.93. The number of carbonyl (C=O) groups is 2. The van der Waals surface area contributed by atoms with E-state index in [2.05, 4.69) is 21.5 Å². The zero-order valence-corrected chi connectivity index (χ0v) is 21.7. The van der Waals surface area contributed by atoms with E-state index in [1.807, 2.05) is 13.0 Å². The van der Waals surface area contributed by atoms with Gasteiger partial charge in [-0.2, -0.15) is 5.26 Å². The van der Waals surface area contributed by atoms with Gasteiger partial charge in [0.25, 0.3) is 5.91 Å². The molecule has 0 spiro atoms. The van der Waals surface area contributed by atoms with Crippen LogP contribution in [0, 0.1) is 30.1 Å². The highest BCUT2D eigenvalue weighted by molar-refractivity contribution is 6.30. The third-order valence-electron chi connectivity index (χ3n) is 8.06. The van der Waals surface area contributed by atoms with Gasteiger partial charge in [-0.3, -0.25) is 14.5 Å². The molecule has 2 N–H and O–H groups in total. The molecule has 10 heteroatoms. The van der Waals surface area contributed by atoms with Crippen molar-refractivity contribution in [2.45, 2.75) is 50.7 Å². The van der Waals surface area contributed by atoms with Gasteiger partial charge in [0.05, 0.1) is 11.6 Å². The molecular formula is C28H26ClN5O4. The summed E-state index contributed by atoms with van der Waals surface area (Å²) in [5.74, 6) is 1.14. The van der Waals surface area contributed by atoms with Crippen LogP contribution in [-0.4, -0.2) is 39.6 Å². The summed E-state index contributed by atoms with van der Waals surface area (Å²) >= 11 is 6.10. The molecule has 2 aliphatic carbocycles. The van der Waals surface area contributed by atoms with Crippen LogP contribution in [0.2, 0.25) is 5.02 Å². The number of nitrogens with zero attached hydrogens (tertiary/aromatic N) is 4. The van der Waals surface area contributed by atoms with E-state index in [0.717, 1.165) is 17.5 Å². The first-order chi connectivity index (χ1) is 18.2. The Morgan fingerprint density at radius 2 is 2.08 bits per heavy atom. The van der Waals surface area contributed by atoms with Gasteiger partial charge in [-0.25, -0.2) is 4.98 Å². The predicted octanol–water partition coefficient (Wildman–Crippen LogP) is 3.82. The minimum absolute atomic E-state index is 0.0624. The van der Waals surface area contributed by atoms with Gasteiger partial charge >= 0.3 is 0 Å². The van der Waals surface area contributed by atoms with E-state index in [4.69, 9.17) is 16.1 Å². The quantitative estimate of drug-likeness (QED) is 0.494. The topological polar surface area (TPSA) is 132 Å². The van der Waals surface area contributed by atoms with Gasteiger partial charge in [-0.1, -0.05) is 16.8 Å². The molecule has 6 rings (SSSR count). The molecular weight excluding hydrogens is 506 g/mol. The summed E-state index contributed by atoms with van der Waals surface area (Å²) in [6, 6.07) is 10.5. The lowest BCUT2D eigenvalue weighted by atomic mass is 9.74. The summed E-state index contributed by atoms with van der Waals surface area (Å²) in [6.07, 6.45) is 3.86. The van der Waals surface area contributed by atoms with Crippen LogP contribution in [0.4, 0.5) is 5.82 Å². The first-order valence-electron chi connectivity index (χ1n) is 12.6. The number of hydrogen-bond donors (Lipinski definition) is 2. The van der Waals surface area contributed by atoms with Crippen LogP contribution in [-0.2, 0) is 10.4 Å². The summed E-state index contributed by atoms with van der Waals surface area (Å²) in [5.41, 5.74) is 1.21. The molecule has 2 saturated carbocycles. The lowest BCUT2D eigenvalue weighted by molar-refractivity contribution is -0.118. The van der Waals surface area contributed by atoms with Gasteiger partial charge in [0.2, 0.25) is 5.91 Å². The number of benzene rings is 1. The molecule has 1 saturated heterocycles. The molecule has 3 aromatic rings. The van der Waals surface area contributed by atoms with Gasteiger partial charge in [0.1, 0.15) is 11.4 Å². The molecule has 2 aromatic heterocycles. The third-order valence-corrected chi connectivity index (χ3v) is 8.30. The molecule has 2 amide bonds. The van der Waals surface area contributed by atoms with Crippen LogP contribution in [0.1, 0.15) is 70.6 Å². The number of aryl methyl sites for hydroxylation is 1. The molecule has 0 radical (unpaired) electrons. The second-order valence-corrected chi connectivity index (χ2v) is 11.2. The van der Waals surface area contributed by atoms with E-state index in [-0.39, 0.29) is 35.2 Å². The number of aromatic nitrogens is 2. The highest BCUT2D eigenvalue weighted by Crippen LogP contribution is 2.47. The van der Waals surface area contributed by atoms with Crippen molar-refractivity contribution in [2.75, 3.05) is 11.4 Å². The zero-order chi connectivity index (χ0) is 26.8. The molecule has 194 valence electrons. The smallest absolute Gasteiger partial charge is 0.273 e. The Bertz CT molecular complexity index is 1500. The monoisotopic (exact) mass is 531 g/mol. The number of rotatable bonds is 6. The van der Waals surface area contributed by atoms with E-state index in [1.54, 1.807) is 30.0 Å². The molecule has 0 unspecified atom stereocenters. The Morgan fingerprint density at radius 3 is 2.76 bits per heavy atom. The molecule has 1 aliphatic heterocycles. The summed E-state index contributed by atoms with van der Waals surface area (Å²) < 4.78 is 5.38. The first kappa shape index (κ1) is 24.6. The minimum atomic E-state index is -1.58. The van der Waals surface area contributed by atoms with Crippen LogP contribution in [0.3, 0.4) is 0 Å². The number of piperidine rings is 1. The number of halogens is 1. The van der Waals surface area contributed by atoms with Crippen molar-refractivity contribution < 1.29 is 19.2 Å². The number of fused-ring (bicyclic) bond motifs is 1. The Labute approximate surface area is 224 Å². The minimum Gasteiger partial charge on any atom is -0.377 e. The number of hydrogen-bond acceptors (Lipinski definition) is 7. The second-order valence-electron chi connectivity index (χ2n) is 10.7. The molecule has 9 nitrogen and oxygen atoms in total. The van der Waals surface area contributed by atoms with Gasteiger partial charge in [0, 0.05) is 41.4 Å². The Balaban J connectivity index is 1.11. The van der Waals surface area contributed by atoms with E-state index < -0.39 is 11.5 Å². The number of nitriles is 1. The Hall–Kier alpha value is -3.74. The van der Waals surface area contributed by atoms with E-state index in [1.165, 1.54) is 12.3 Å². The van der Waals surface area contributed by atoms with Gasteiger partial charge < -0.3 is 14.9 Å². The molecule has 38 heavy (non-hydrogen) atoms. The predicted molar refractivity (Wildman–Crippen MR) is 137 cm³/mol. The Morgan fingerprint density at radius 1 is 1.29 bits per heavy atom. The van der Waals surface area contributed by atoms with Crippen molar-refractivity contribution in [3.8, 4) is 6.07 Å². The third kappa shape index (κ3) is 4.14. The fourth-order valence-electron chi connectivity index (χ4n) is 5.56. The van der Waals surface area contributed by atoms with Gasteiger partial charge in [0.15, 0.2) is 11.5 Å². The average molecular weight is 532 g/mol. The number of anilines is 1. The number of carbonyl (C=O) groups excluding carboxylic acids is 2. The maximum atomic E-state index is 12.8. The maximum absolute atomic E-state index is 12.8. The normalized spacial score (nSPS) is 25.2. The maximum Gasteiger partial charge on any atom is 0.273 e. The number of pyridine rings is 1. The lowest BCUT2D eigenvalue weighted by Crippen LogP contribution is -2.43. The number of aliphatic hydroxyl groups is 1. The van der Waals surface area contributed by atoms with Crippen molar-refractivity contribution in [2.24, 2.45) is 11.8 Å². The van der Waals surface area contributed by atoms with Crippen molar-refractivity contribution in [3.63, 3.8) is 0 Å². The lowest BCUT2D eigenvalue weighted by Gasteiger charge is -2.36. The van der Waals surface area contributed by atoms with E-state index >= 15 is 0 Å². The van der Waals surface area contributed by atoms with Crippen molar-refractivity contribution >= 4 is 29.2 Å². The van der Waals surface area contributed by atoms with Crippen LogP contribution in [0.5, 0.6) is 0 Å². The SMILES string of the molecule is Cc1cc([C@](C)(O)c2cc(C(=O)NC3CC(c4cc(Cl)ccc4C#N)C3)no2)cnc1N1C[C@H]2C[C@H]2C1=O. The Kier molecular flexibility index (Phi) is 5.78. The molecule has 1 aromatic carbocycles. The van der Waals surface area contributed by atoms with Crippen LogP contribution >= 0.6 is 11.6 Å². The number of amides is 2. The molecule has 3 fully saturated rings. The molecule has 3 aliphatic rings. The van der Waals surface area contributed by atoms with E-state index in [0.29, 0.717) is 47.3 Å². The summed E-state index contributed by atoms with van der Waals surface area (Å²) in [7, 11) is 0. The fraction of sp³-hybridized carbons (Fsp3) is 0.393. The summed E-state index contributed by atoms with van der Waals surface area (Å²) in [6.45, 7) is 4.09. The molecule has 3 atom stereocenters. The summed E-state index contributed by atoms with van der Waals surface area (Å²) in [4.78, 5) is 31.5. The molecule has 0 bridgehead atoms. The standard InChI is InChI=1S/C28H26ClN5O4/c1-14-5-18(12-31-25(14)34-13-17-8-22(17)27(34)36)28(2,37)24-10-23(33-38-24)26(35)32-20-6-16(7-20)21-9-19(29)4-3-15(21)11-30/h3-5,9-10,12,16-17,20,22,37H,6-8,13H2,1-2H3,(H,32,35)/t16?,17-,20?,22-,28+/m1/s1. The van der Waals surface area contributed by atoms with Crippen molar-refractivity contribution in [1.82, 2.24) is 15.5 Å². The highest BCUT2D eigenvalue weighted by Gasteiger charge is 2.53. The molecule has 3 heterocycles. The number of nitrogens with one attached hydrogen (secondary N) is 1. The van der Waals surface area contributed by atoms with Crippen LogP contribution in [0.25, 0.3) is 0 Å². The van der Waals surface area contributed by atoms with Gasteiger partial charge in [-0.15, -0.1) is 0 Å². The van der Waals surface area contributed by atoms with E-state index in [9.17, 15) is 20.0 Å². The largest absolute Gasteiger partial charge is 0.377 e. The van der Waals surface area contributed by atoms with Crippen molar-refractivity contribution in [3.05, 3.63) is 75.3 Å². The van der Waals surface area contributed by atoms with Crippen LogP contribution in [0.15, 0.2) is 41.1 Å². The van der Waals surface area contributed by atoms with Gasteiger partial charge in [-0.05, 0) is 80.3 Å². The summed E-state index contributed by atoms with van der Waals surface area (Å²) in [5, 5.41) is 28.0. The van der Waals surface area contributed by atoms with Crippen LogP contribution < -0.4 is 10.2 Å². The first-order valence-corrected chi connectivity index (χ1v) is 13.0. The van der Waals surface area contributed by atoms with Crippen molar-refractivity contribution in [1.29, 1.82) is 5.26 Å². The fourth-order valence-corrected chi connectivity index (χ4v) is 5.74.